The number of imidazole rings is 1. The van der Waals surface area contributed by atoms with Crippen LogP contribution < -0.4 is 0 Å². The minimum atomic E-state index is -0.266. The molecule has 24 heavy (non-hydrogen) atoms. The van der Waals surface area contributed by atoms with Crippen molar-refractivity contribution in [2.24, 2.45) is 0 Å². The van der Waals surface area contributed by atoms with E-state index in [0.29, 0.717) is 0 Å². The van der Waals surface area contributed by atoms with E-state index >= 15 is 0 Å². The van der Waals surface area contributed by atoms with Crippen molar-refractivity contribution < 1.29 is 4.39 Å². The third-order valence-electron chi connectivity index (χ3n) is 3.89. The summed E-state index contributed by atoms with van der Waals surface area (Å²) >= 11 is 1.52. The highest BCUT2D eigenvalue weighted by Crippen LogP contribution is 2.33. The SMILES string of the molecule is N#CCc1c(-c2ccccc2)nc2scc(-c3ccc(F)cc3)n12. The molecule has 0 aliphatic carbocycles. The second kappa shape index (κ2) is 5.91. The van der Waals surface area contributed by atoms with Crippen molar-refractivity contribution in [3.63, 3.8) is 0 Å². The fraction of sp³-hybridized carbons (Fsp3) is 0.0526. The molecular formula is C19H12FN3S. The van der Waals surface area contributed by atoms with Gasteiger partial charge in [-0.25, -0.2) is 9.37 Å². The van der Waals surface area contributed by atoms with Crippen LogP contribution in [-0.4, -0.2) is 9.38 Å². The zero-order valence-electron chi connectivity index (χ0n) is 12.6. The number of aromatic nitrogens is 2. The Kier molecular flexibility index (Phi) is 3.60. The fourth-order valence-corrected chi connectivity index (χ4v) is 3.72. The summed E-state index contributed by atoms with van der Waals surface area (Å²) in [6.45, 7) is 0. The number of hydrogen-bond donors (Lipinski definition) is 0. The predicted molar refractivity (Wildman–Crippen MR) is 93.2 cm³/mol. The molecular weight excluding hydrogens is 321 g/mol. The van der Waals surface area contributed by atoms with Crippen LogP contribution in [0.25, 0.3) is 27.5 Å². The Morgan fingerprint density at radius 2 is 1.79 bits per heavy atom. The molecule has 2 heterocycles. The van der Waals surface area contributed by atoms with E-state index in [1.165, 1.54) is 23.5 Å². The summed E-state index contributed by atoms with van der Waals surface area (Å²) in [6.07, 6.45) is 0.260. The third kappa shape index (κ3) is 2.38. The molecule has 0 N–H and O–H groups in total. The topological polar surface area (TPSA) is 41.1 Å². The highest BCUT2D eigenvalue weighted by Gasteiger charge is 2.18. The van der Waals surface area contributed by atoms with Crippen LogP contribution in [0.15, 0.2) is 60.0 Å². The van der Waals surface area contributed by atoms with E-state index < -0.39 is 0 Å². The lowest BCUT2D eigenvalue weighted by atomic mass is 10.1. The van der Waals surface area contributed by atoms with E-state index in [1.807, 2.05) is 40.1 Å². The molecule has 0 fully saturated rings. The van der Waals surface area contributed by atoms with E-state index in [9.17, 15) is 9.65 Å². The molecule has 4 rings (SSSR count). The Hall–Kier alpha value is -2.97. The van der Waals surface area contributed by atoms with E-state index in [-0.39, 0.29) is 12.2 Å². The van der Waals surface area contributed by atoms with Gasteiger partial charge >= 0.3 is 0 Å². The number of hydrogen-bond acceptors (Lipinski definition) is 3. The van der Waals surface area contributed by atoms with Crippen LogP contribution in [-0.2, 0) is 6.42 Å². The van der Waals surface area contributed by atoms with E-state index in [2.05, 4.69) is 6.07 Å². The van der Waals surface area contributed by atoms with Crippen molar-refractivity contribution in [2.75, 3.05) is 0 Å². The summed E-state index contributed by atoms with van der Waals surface area (Å²) in [5.74, 6) is -0.266. The van der Waals surface area contributed by atoms with E-state index in [0.717, 1.165) is 33.2 Å². The van der Waals surface area contributed by atoms with Crippen LogP contribution in [0.4, 0.5) is 4.39 Å². The van der Waals surface area contributed by atoms with Gasteiger partial charge in [-0.15, -0.1) is 11.3 Å². The number of nitriles is 1. The first-order valence-electron chi connectivity index (χ1n) is 7.45. The van der Waals surface area contributed by atoms with Crippen molar-refractivity contribution in [1.82, 2.24) is 9.38 Å². The smallest absolute Gasteiger partial charge is 0.194 e. The van der Waals surface area contributed by atoms with Crippen molar-refractivity contribution in [3.05, 3.63) is 71.5 Å². The van der Waals surface area contributed by atoms with Crippen LogP contribution in [0.5, 0.6) is 0 Å². The average Bonchev–Trinajstić information content (AvgIpc) is 3.17. The molecule has 2 aromatic carbocycles. The van der Waals surface area contributed by atoms with Crippen molar-refractivity contribution in [3.8, 4) is 28.6 Å². The molecule has 3 nitrogen and oxygen atoms in total. The quantitative estimate of drug-likeness (QED) is 0.533. The Labute approximate surface area is 142 Å². The standard InChI is InChI=1S/C19H12FN3S/c20-15-8-6-13(7-9-15)17-12-24-19-22-18(14-4-2-1-3-5-14)16(10-11-21)23(17)19/h1-9,12H,10H2. The first kappa shape index (κ1) is 14.6. The molecule has 0 bridgehead atoms. The van der Waals surface area contributed by atoms with Crippen LogP contribution in [0.3, 0.4) is 0 Å². The van der Waals surface area contributed by atoms with Gasteiger partial charge in [-0.3, -0.25) is 4.40 Å². The zero-order chi connectivity index (χ0) is 16.5. The van der Waals surface area contributed by atoms with Crippen molar-refractivity contribution in [1.29, 1.82) is 5.26 Å². The summed E-state index contributed by atoms with van der Waals surface area (Å²) in [6, 6.07) is 18.5. The van der Waals surface area contributed by atoms with Gasteiger partial charge in [0.25, 0.3) is 0 Å². The lowest BCUT2D eigenvalue weighted by molar-refractivity contribution is 0.628. The number of nitrogens with zero attached hydrogens (tertiary/aromatic N) is 3. The van der Waals surface area contributed by atoms with Crippen LogP contribution in [0.1, 0.15) is 5.69 Å². The maximum absolute atomic E-state index is 13.2. The summed E-state index contributed by atoms with van der Waals surface area (Å²) in [5.41, 5.74) is 4.50. The van der Waals surface area contributed by atoms with Gasteiger partial charge in [0.15, 0.2) is 4.96 Å². The van der Waals surface area contributed by atoms with Gasteiger partial charge in [-0.1, -0.05) is 30.3 Å². The maximum atomic E-state index is 13.2. The Bertz CT molecular complexity index is 1040. The molecule has 0 unspecified atom stereocenters. The van der Waals surface area contributed by atoms with Crippen molar-refractivity contribution in [2.45, 2.75) is 6.42 Å². The number of benzene rings is 2. The molecule has 2 aromatic heterocycles. The second-order valence-electron chi connectivity index (χ2n) is 5.35. The first-order valence-corrected chi connectivity index (χ1v) is 8.33. The highest BCUT2D eigenvalue weighted by molar-refractivity contribution is 7.15. The van der Waals surface area contributed by atoms with Gasteiger partial charge in [-0.05, 0) is 29.8 Å². The van der Waals surface area contributed by atoms with Crippen LogP contribution in [0.2, 0.25) is 0 Å². The van der Waals surface area contributed by atoms with Gasteiger partial charge in [0.05, 0.1) is 29.6 Å². The molecule has 0 aliphatic heterocycles. The normalized spacial score (nSPS) is 10.8. The zero-order valence-corrected chi connectivity index (χ0v) is 13.4. The van der Waals surface area contributed by atoms with Gasteiger partial charge in [0, 0.05) is 10.9 Å². The Balaban J connectivity index is 1.96. The third-order valence-corrected chi connectivity index (χ3v) is 4.72. The largest absolute Gasteiger partial charge is 0.286 e. The van der Waals surface area contributed by atoms with Crippen molar-refractivity contribution >= 4 is 16.3 Å². The summed E-state index contributed by atoms with van der Waals surface area (Å²) in [7, 11) is 0. The summed E-state index contributed by atoms with van der Waals surface area (Å²) < 4.78 is 15.2. The molecule has 116 valence electrons. The molecule has 0 spiro atoms. The van der Waals surface area contributed by atoms with Gasteiger partial charge in [0.2, 0.25) is 0 Å². The average molecular weight is 333 g/mol. The molecule has 0 saturated heterocycles. The lowest BCUT2D eigenvalue weighted by Gasteiger charge is -2.05. The molecule has 0 aliphatic rings. The number of thiazole rings is 1. The minimum absolute atomic E-state index is 0.260. The fourth-order valence-electron chi connectivity index (χ4n) is 2.80. The second-order valence-corrected chi connectivity index (χ2v) is 6.19. The monoisotopic (exact) mass is 333 g/mol. The number of rotatable bonds is 3. The lowest BCUT2D eigenvalue weighted by Crippen LogP contribution is -1.95. The summed E-state index contributed by atoms with van der Waals surface area (Å²) in [4.78, 5) is 5.55. The van der Waals surface area contributed by atoms with Gasteiger partial charge in [-0.2, -0.15) is 5.26 Å². The van der Waals surface area contributed by atoms with Crippen LogP contribution in [0, 0.1) is 17.1 Å². The molecule has 5 heteroatoms. The van der Waals surface area contributed by atoms with E-state index in [4.69, 9.17) is 4.98 Å². The van der Waals surface area contributed by atoms with E-state index in [1.54, 1.807) is 12.1 Å². The molecule has 0 saturated carbocycles. The first-order chi connectivity index (χ1) is 11.8. The summed E-state index contributed by atoms with van der Waals surface area (Å²) in [5, 5.41) is 11.3. The maximum Gasteiger partial charge on any atom is 0.194 e. The van der Waals surface area contributed by atoms with Gasteiger partial charge in [0.1, 0.15) is 5.82 Å². The molecule has 4 aromatic rings. The highest BCUT2D eigenvalue weighted by atomic mass is 32.1. The Morgan fingerprint density at radius 1 is 1.04 bits per heavy atom. The number of fused-ring (bicyclic) bond motifs is 1. The molecule has 0 atom stereocenters. The number of halogens is 1. The Morgan fingerprint density at radius 3 is 2.50 bits per heavy atom. The minimum Gasteiger partial charge on any atom is -0.286 e. The van der Waals surface area contributed by atoms with Gasteiger partial charge < -0.3 is 0 Å². The predicted octanol–water partition coefficient (Wildman–Crippen LogP) is 4.93. The molecule has 0 amide bonds. The molecule has 0 radical (unpaired) electrons. The van der Waals surface area contributed by atoms with Crippen LogP contribution >= 0.6 is 11.3 Å².